The highest BCUT2D eigenvalue weighted by Crippen LogP contribution is 2.20. The fourth-order valence-electron chi connectivity index (χ4n) is 1.45. The molecule has 15 heavy (non-hydrogen) atoms. The van der Waals surface area contributed by atoms with E-state index in [0.717, 1.165) is 17.7 Å². The molecule has 0 atom stereocenters. The third-order valence-corrected chi connectivity index (χ3v) is 2.20. The van der Waals surface area contributed by atoms with Crippen LogP contribution >= 0.6 is 0 Å². The van der Waals surface area contributed by atoms with E-state index in [-0.39, 0.29) is 5.41 Å². The van der Waals surface area contributed by atoms with E-state index in [0.29, 0.717) is 5.46 Å². The maximum atomic E-state index is 8.99. The first-order valence-corrected chi connectivity index (χ1v) is 5.11. The van der Waals surface area contributed by atoms with Crippen molar-refractivity contribution in [3.05, 3.63) is 23.5 Å². The number of rotatable bonds is 2. The molecule has 0 saturated heterocycles. The van der Waals surface area contributed by atoms with Crippen LogP contribution in [0.1, 0.15) is 32.0 Å². The Labute approximate surface area is 91.3 Å². The Morgan fingerprint density at radius 2 is 1.93 bits per heavy atom. The second kappa shape index (κ2) is 4.33. The van der Waals surface area contributed by atoms with Crippen LogP contribution in [0.2, 0.25) is 0 Å². The van der Waals surface area contributed by atoms with E-state index in [9.17, 15) is 0 Å². The molecule has 0 radical (unpaired) electrons. The summed E-state index contributed by atoms with van der Waals surface area (Å²) in [6, 6.07) is 1.78. The van der Waals surface area contributed by atoms with Gasteiger partial charge >= 0.3 is 7.12 Å². The normalized spacial score (nSPS) is 11.6. The summed E-state index contributed by atoms with van der Waals surface area (Å²) in [4.78, 5) is 4.26. The molecule has 2 N–H and O–H groups in total. The van der Waals surface area contributed by atoms with Gasteiger partial charge in [0.2, 0.25) is 0 Å². The molecule has 1 aromatic heterocycles. The zero-order valence-corrected chi connectivity index (χ0v) is 9.78. The number of pyridine rings is 1. The number of hydrogen-bond donors (Lipinski definition) is 2. The minimum atomic E-state index is -1.43. The van der Waals surface area contributed by atoms with Crippen LogP contribution in [0.3, 0.4) is 0 Å². The lowest BCUT2D eigenvalue weighted by atomic mass is 9.80. The fourth-order valence-corrected chi connectivity index (χ4v) is 1.45. The lowest BCUT2D eigenvalue weighted by Crippen LogP contribution is -2.31. The van der Waals surface area contributed by atoms with Gasteiger partial charge < -0.3 is 10.0 Å². The summed E-state index contributed by atoms with van der Waals surface area (Å²) in [6.07, 6.45) is 2.42. The van der Waals surface area contributed by atoms with Crippen molar-refractivity contribution in [1.82, 2.24) is 4.98 Å². The van der Waals surface area contributed by atoms with E-state index in [1.165, 1.54) is 6.20 Å². The quantitative estimate of drug-likeness (QED) is 0.700. The van der Waals surface area contributed by atoms with Crippen molar-refractivity contribution in [3.63, 3.8) is 0 Å². The Hall–Kier alpha value is -0.865. The molecule has 0 aromatic carbocycles. The highest BCUT2D eigenvalue weighted by atomic mass is 16.4. The summed E-state index contributed by atoms with van der Waals surface area (Å²) in [5, 5.41) is 18.0. The Bertz CT molecular complexity index is 345. The van der Waals surface area contributed by atoms with Crippen molar-refractivity contribution in [1.29, 1.82) is 0 Å². The van der Waals surface area contributed by atoms with Crippen molar-refractivity contribution in [2.45, 2.75) is 34.1 Å². The maximum absolute atomic E-state index is 8.99. The third kappa shape index (κ3) is 3.65. The van der Waals surface area contributed by atoms with Crippen molar-refractivity contribution < 1.29 is 10.0 Å². The van der Waals surface area contributed by atoms with Gasteiger partial charge in [0.25, 0.3) is 0 Å². The monoisotopic (exact) mass is 207 g/mol. The number of nitrogens with zero attached hydrogens (tertiary/aromatic N) is 1. The van der Waals surface area contributed by atoms with Gasteiger partial charge in [-0.2, -0.15) is 0 Å². The molecule has 1 heterocycles. The highest BCUT2D eigenvalue weighted by Gasteiger charge is 2.16. The van der Waals surface area contributed by atoms with E-state index in [2.05, 4.69) is 25.8 Å². The van der Waals surface area contributed by atoms with Crippen LogP contribution in [0.4, 0.5) is 0 Å². The number of hydrogen-bond acceptors (Lipinski definition) is 3. The highest BCUT2D eigenvalue weighted by molar-refractivity contribution is 6.58. The maximum Gasteiger partial charge on any atom is 0.490 e. The van der Waals surface area contributed by atoms with Crippen LogP contribution in [-0.4, -0.2) is 22.2 Å². The Morgan fingerprint density at radius 1 is 1.33 bits per heavy atom. The van der Waals surface area contributed by atoms with Gasteiger partial charge in [0, 0.05) is 17.4 Å². The molecule has 0 aliphatic heterocycles. The molecule has 0 amide bonds. The second-order valence-corrected chi connectivity index (χ2v) is 5.14. The van der Waals surface area contributed by atoms with Gasteiger partial charge in [-0.05, 0) is 24.3 Å². The summed E-state index contributed by atoms with van der Waals surface area (Å²) in [5.74, 6) is 0. The Kier molecular flexibility index (Phi) is 3.52. The standard InChI is InChI=1S/C11H18BNO2/c1-8-5-9(12(14)15)7-13-10(8)6-11(2,3)4/h5,7,14-15H,6H2,1-4H3. The summed E-state index contributed by atoms with van der Waals surface area (Å²) in [5.41, 5.74) is 2.67. The lowest BCUT2D eigenvalue weighted by Gasteiger charge is -2.19. The van der Waals surface area contributed by atoms with Crippen molar-refractivity contribution in [3.8, 4) is 0 Å². The van der Waals surface area contributed by atoms with Crippen LogP contribution < -0.4 is 5.46 Å². The number of aromatic nitrogens is 1. The van der Waals surface area contributed by atoms with Gasteiger partial charge in [-0.15, -0.1) is 0 Å². The molecule has 0 fully saturated rings. The lowest BCUT2D eigenvalue weighted by molar-refractivity contribution is 0.405. The van der Waals surface area contributed by atoms with Crippen LogP contribution in [-0.2, 0) is 6.42 Å². The van der Waals surface area contributed by atoms with Crippen LogP contribution in [0, 0.1) is 12.3 Å². The molecule has 0 aliphatic rings. The second-order valence-electron chi connectivity index (χ2n) is 5.14. The molecular weight excluding hydrogens is 189 g/mol. The predicted molar refractivity (Wildman–Crippen MR) is 62.0 cm³/mol. The zero-order chi connectivity index (χ0) is 11.6. The van der Waals surface area contributed by atoms with Crippen molar-refractivity contribution in [2.24, 2.45) is 5.41 Å². The Morgan fingerprint density at radius 3 is 2.33 bits per heavy atom. The molecule has 1 rings (SSSR count). The first kappa shape index (κ1) is 12.2. The fraction of sp³-hybridized carbons (Fsp3) is 0.545. The predicted octanol–water partition coefficient (Wildman–Crippen LogP) is 0.658. The molecule has 0 saturated carbocycles. The molecule has 1 aromatic rings. The van der Waals surface area contributed by atoms with Gasteiger partial charge in [0.15, 0.2) is 0 Å². The van der Waals surface area contributed by atoms with E-state index < -0.39 is 7.12 Å². The molecule has 0 unspecified atom stereocenters. The molecule has 82 valence electrons. The van der Waals surface area contributed by atoms with Gasteiger partial charge in [-0.25, -0.2) is 0 Å². The smallest absolute Gasteiger partial charge is 0.423 e. The van der Waals surface area contributed by atoms with Crippen molar-refractivity contribution >= 4 is 12.6 Å². The molecule has 0 aliphatic carbocycles. The van der Waals surface area contributed by atoms with Crippen LogP contribution in [0.15, 0.2) is 12.3 Å². The summed E-state index contributed by atoms with van der Waals surface area (Å²) < 4.78 is 0. The summed E-state index contributed by atoms with van der Waals surface area (Å²) in [6.45, 7) is 8.41. The molecule has 3 nitrogen and oxygen atoms in total. The van der Waals surface area contributed by atoms with E-state index >= 15 is 0 Å². The topological polar surface area (TPSA) is 53.4 Å². The molecular formula is C11H18BNO2. The summed E-state index contributed by atoms with van der Waals surface area (Å²) >= 11 is 0. The number of aryl methyl sites for hydroxylation is 1. The molecule has 0 spiro atoms. The van der Waals surface area contributed by atoms with Crippen molar-refractivity contribution in [2.75, 3.05) is 0 Å². The average Bonchev–Trinajstić information content (AvgIpc) is 2.05. The van der Waals surface area contributed by atoms with Gasteiger partial charge in [0.05, 0.1) is 0 Å². The Balaban J connectivity index is 2.94. The van der Waals surface area contributed by atoms with Gasteiger partial charge in [-0.3, -0.25) is 4.98 Å². The van der Waals surface area contributed by atoms with E-state index in [1.54, 1.807) is 6.07 Å². The summed E-state index contributed by atoms with van der Waals surface area (Å²) in [7, 11) is -1.43. The van der Waals surface area contributed by atoms with Gasteiger partial charge in [-0.1, -0.05) is 26.8 Å². The minimum Gasteiger partial charge on any atom is -0.423 e. The third-order valence-electron chi connectivity index (χ3n) is 2.20. The molecule has 0 bridgehead atoms. The molecule has 4 heteroatoms. The zero-order valence-electron chi connectivity index (χ0n) is 9.78. The minimum absolute atomic E-state index is 0.192. The van der Waals surface area contributed by atoms with E-state index in [1.807, 2.05) is 6.92 Å². The average molecular weight is 207 g/mol. The first-order chi connectivity index (χ1) is 6.79. The van der Waals surface area contributed by atoms with Gasteiger partial charge in [0.1, 0.15) is 0 Å². The van der Waals surface area contributed by atoms with E-state index in [4.69, 9.17) is 10.0 Å². The SMILES string of the molecule is Cc1cc(B(O)O)cnc1CC(C)(C)C. The largest absolute Gasteiger partial charge is 0.490 e. The first-order valence-electron chi connectivity index (χ1n) is 5.11. The van der Waals surface area contributed by atoms with Crippen LogP contribution in [0.25, 0.3) is 0 Å². The van der Waals surface area contributed by atoms with Crippen LogP contribution in [0.5, 0.6) is 0 Å².